The molecule has 0 spiro atoms. The van der Waals surface area contributed by atoms with E-state index in [1.807, 2.05) is 48.5 Å². The molecule has 1 aromatic heterocycles. The molecule has 1 aliphatic carbocycles. The SMILES string of the molecule is CC(=O)N1N=C(c2ccc(-n3nc(C)n(N=C4c5ccccc5-c5ccccc54)c3=O)cc2)CC1c1ccc([N+](=O)[O-])cc1. The van der Waals surface area contributed by atoms with Crippen molar-refractivity contribution in [3.63, 3.8) is 0 Å². The first kappa shape index (κ1) is 26.9. The van der Waals surface area contributed by atoms with Gasteiger partial charge in [-0.05, 0) is 41.3 Å². The molecule has 1 aliphatic heterocycles. The van der Waals surface area contributed by atoms with Crippen LogP contribution in [-0.4, -0.2) is 41.7 Å². The lowest BCUT2D eigenvalue weighted by atomic mass is 9.98. The van der Waals surface area contributed by atoms with Crippen molar-refractivity contribution < 1.29 is 9.72 Å². The number of fused-ring (bicyclic) bond motifs is 3. The molecule has 0 radical (unpaired) electrons. The zero-order valence-corrected chi connectivity index (χ0v) is 23.8. The van der Waals surface area contributed by atoms with Gasteiger partial charge in [-0.25, -0.2) is 9.80 Å². The summed E-state index contributed by atoms with van der Waals surface area (Å²) in [6.07, 6.45) is 0.435. The minimum Gasteiger partial charge on any atom is -0.273 e. The van der Waals surface area contributed by atoms with Gasteiger partial charge >= 0.3 is 5.69 Å². The number of nitro benzene ring substituents is 1. The third kappa shape index (κ3) is 4.42. The Hall–Kier alpha value is -5.97. The standard InChI is InChI=1S/C33H25N7O4/c1-20-34-39(33(42)37(20)36-32-28-9-5-3-7-26(28)27-8-4-6-10-29(27)32)24-15-11-22(12-16-24)30-19-31(38(35-30)21(2)41)23-13-17-25(18-14-23)40(43)44/h3-18,31H,19H2,1-2H3. The van der Waals surface area contributed by atoms with Crippen molar-refractivity contribution in [3.8, 4) is 16.8 Å². The molecule has 216 valence electrons. The molecule has 0 saturated carbocycles. The minimum atomic E-state index is -0.458. The number of nitrogens with zero attached hydrogens (tertiary/aromatic N) is 7. The number of rotatable bonds is 5. The van der Waals surface area contributed by atoms with E-state index in [4.69, 9.17) is 5.10 Å². The molecule has 0 fully saturated rings. The number of nitro groups is 1. The normalized spacial score (nSPS) is 15.1. The number of non-ortho nitro benzene ring substituents is 1. The molecule has 11 heteroatoms. The average molecular weight is 584 g/mol. The Labute approximate surface area is 251 Å². The minimum absolute atomic E-state index is 0.0185. The van der Waals surface area contributed by atoms with Crippen LogP contribution in [0.1, 0.15) is 47.5 Å². The summed E-state index contributed by atoms with van der Waals surface area (Å²) >= 11 is 0. The fourth-order valence-electron chi connectivity index (χ4n) is 5.79. The zero-order valence-electron chi connectivity index (χ0n) is 23.8. The van der Waals surface area contributed by atoms with E-state index in [0.717, 1.165) is 33.4 Å². The molecule has 44 heavy (non-hydrogen) atoms. The van der Waals surface area contributed by atoms with Crippen LogP contribution in [0.25, 0.3) is 16.8 Å². The maximum Gasteiger partial charge on any atom is 0.371 e. The van der Waals surface area contributed by atoms with E-state index in [-0.39, 0.29) is 17.6 Å². The third-order valence-electron chi connectivity index (χ3n) is 7.93. The highest BCUT2D eigenvalue weighted by molar-refractivity contribution is 6.24. The molecule has 4 aromatic carbocycles. The summed E-state index contributed by atoms with van der Waals surface area (Å²) in [7, 11) is 0. The summed E-state index contributed by atoms with van der Waals surface area (Å²) in [5.74, 6) is 0.207. The van der Waals surface area contributed by atoms with Crippen LogP contribution in [0.5, 0.6) is 0 Å². The number of carbonyl (C=O) groups excluding carboxylic acids is 1. The van der Waals surface area contributed by atoms with Crippen LogP contribution in [0.4, 0.5) is 5.69 Å². The van der Waals surface area contributed by atoms with Crippen molar-refractivity contribution in [1.82, 2.24) is 19.5 Å². The summed E-state index contributed by atoms with van der Waals surface area (Å²) in [6, 6.07) is 29.0. The predicted molar refractivity (Wildman–Crippen MR) is 165 cm³/mol. The van der Waals surface area contributed by atoms with Gasteiger partial charge in [-0.1, -0.05) is 72.8 Å². The van der Waals surface area contributed by atoms with Crippen molar-refractivity contribution in [2.75, 3.05) is 0 Å². The van der Waals surface area contributed by atoms with Crippen LogP contribution in [0, 0.1) is 17.0 Å². The summed E-state index contributed by atoms with van der Waals surface area (Å²) in [6.45, 7) is 3.18. The number of hydrazone groups is 1. The van der Waals surface area contributed by atoms with Gasteiger partial charge in [-0.3, -0.25) is 14.9 Å². The van der Waals surface area contributed by atoms with Crippen LogP contribution in [0.3, 0.4) is 0 Å². The number of benzene rings is 4. The fraction of sp³-hybridized carbons (Fsp3) is 0.121. The fourth-order valence-corrected chi connectivity index (χ4v) is 5.79. The first-order valence-electron chi connectivity index (χ1n) is 14.0. The van der Waals surface area contributed by atoms with Gasteiger partial charge in [0.25, 0.3) is 5.69 Å². The Morgan fingerprint density at radius 2 is 1.48 bits per heavy atom. The van der Waals surface area contributed by atoms with Crippen molar-refractivity contribution in [1.29, 1.82) is 0 Å². The Bertz CT molecular complexity index is 2040. The van der Waals surface area contributed by atoms with E-state index in [0.29, 0.717) is 29.4 Å². The second-order valence-electron chi connectivity index (χ2n) is 10.6. The lowest BCUT2D eigenvalue weighted by Crippen LogP contribution is -2.24. The van der Waals surface area contributed by atoms with E-state index in [9.17, 15) is 19.7 Å². The van der Waals surface area contributed by atoms with Crippen molar-refractivity contribution >= 4 is 23.0 Å². The zero-order chi connectivity index (χ0) is 30.5. The quantitative estimate of drug-likeness (QED) is 0.203. The highest BCUT2D eigenvalue weighted by atomic mass is 16.6. The van der Waals surface area contributed by atoms with Gasteiger partial charge in [-0.2, -0.15) is 19.6 Å². The van der Waals surface area contributed by atoms with Crippen LogP contribution >= 0.6 is 0 Å². The van der Waals surface area contributed by atoms with Gasteiger partial charge < -0.3 is 0 Å². The molecule has 11 nitrogen and oxygen atoms in total. The van der Waals surface area contributed by atoms with Crippen LogP contribution < -0.4 is 5.69 Å². The smallest absolute Gasteiger partial charge is 0.273 e. The van der Waals surface area contributed by atoms with Gasteiger partial charge in [-0.15, -0.1) is 5.10 Å². The second kappa shape index (κ2) is 10.4. The average Bonchev–Trinajstić information content (AvgIpc) is 3.71. The van der Waals surface area contributed by atoms with Crippen LogP contribution in [0.2, 0.25) is 0 Å². The molecule has 1 atom stereocenters. The number of hydrogen-bond donors (Lipinski definition) is 0. The van der Waals surface area contributed by atoms with Crippen LogP contribution in [-0.2, 0) is 4.79 Å². The second-order valence-corrected chi connectivity index (χ2v) is 10.6. The van der Waals surface area contributed by atoms with E-state index >= 15 is 0 Å². The molecule has 2 aliphatic rings. The third-order valence-corrected chi connectivity index (χ3v) is 7.93. The maximum atomic E-state index is 13.6. The number of hydrogen-bond acceptors (Lipinski definition) is 7. The molecule has 0 N–H and O–H groups in total. The highest BCUT2D eigenvalue weighted by Crippen LogP contribution is 2.37. The predicted octanol–water partition coefficient (Wildman–Crippen LogP) is 5.23. The summed E-state index contributed by atoms with van der Waals surface area (Å²) in [4.78, 5) is 36.6. The number of amides is 1. The van der Waals surface area contributed by atoms with Gasteiger partial charge in [0.2, 0.25) is 5.91 Å². The monoisotopic (exact) mass is 583 g/mol. The summed E-state index contributed by atoms with van der Waals surface area (Å²) < 4.78 is 2.64. The van der Waals surface area contributed by atoms with Crippen molar-refractivity contribution in [2.45, 2.75) is 26.3 Å². The van der Waals surface area contributed by atoms with Gasteiger partial charge in [0, 0.05) is 36.6 Å². The molecular weight excluding hydrogens is 558 g/mol. The lowest BCUT2D eigenvalue weighted by Gasteiger charge is -2.20. The van der Waals surface area contributed by atoms with Gasteiger partial charge in [0.05, 0.1) is 28.1 Å². The number of carbonyl (C=O) groups is 1. The van der Waals surface area contributed by atoms with Crippen molar-refractivity contribution in [3.05, 3.63) is 146 Å². The first-order valence-corrected chi connectivity index (χ1v) is 14.0. The largest absolute Gasteiger partial charge is 0.371 e. The Balaban J connectivity index is 1.18. The molecule has 7 rings (SSSR count). The Morgan fingerprint density at radius 3 is 2.05 bits per heavy atom. The van der Waals surface area contributed by atoms with E-state index in [1.54, 1.807) is 31.2 Å². The molecular formula is C33H25N7O4. The summed E-state index contributed by atoms with van der Waals surface area (Å²) in [5, 5.41) is 26.3. The molecule has 1 amide bonds. The topological polar surface area (TPSA) is 128 Å². The van der Waals surface area contributed by atoms with Crippen LogP contribution in [0.15, 0.2) is 112 Å². The van der Waals surface area contributed by atoms with Crippen molar-refractivity contribution in [2.24, 2.45) is 10.2 Å². The summed E-state index contributed by atoms with van der Waals surface area (Å²) in [5.41, 5.74) is 7.15. The molecule has 0 bridgehead atoms. The molecule has 1 unspecified atom stereocenters. The Kier molecular flexibility index (Phi) is 6.35. The maximum absolute atomic E-state index is 13.6. The van der Waals surface area contributed by atoms with E-state index in [1.165, 1.54) is 33.4 Å². The van der Waals surface area contributed by atoms with Gasteiger partial charge in [0.1, 0.15) is 0 Å². The van der Waals surface area contributed by atoms with E-state index in [2.05, 4.69) is 22.3 Å². The molecule has 0 saturated heterocycles. The number of aryl methyl sites for hydroxylation is 1. The molecule has 2 heterocycles. The number of aromatic nitrogens is 3. The van der Waals surface area contributed by atoms with Gasteiger partial charge in [0.15, 0.2) is 5.82 Å². The lowest BCUT2D eigenvalue weighted by molar-refractivity contribution is -0.384. The Morgan fingerprint density at radius 1 is 0.886 bits per heavy atom. The first-order chi connectivity index (χ1) is 21.3. The molecule has 5 aromatic rings. The highest BCUT2D eigenvalue weighted by Gasteiger charge is 2.32. The van der Waals surface area contributed by atoms with E-state index < -0.39 is 10.6 Å².